The Kier molecular flexibility index (Phi) is 50.7. The maximum Gasteiger partial charge on any atom is 0.335 e. The molecule has 0 aliphatic carbocycles. The first-order valence-electron chi connectivity index (χ1n) is 51.8. The summed E-state index contributed by atoms with van der Waals surface area (Å²) in [5, 5.41) is 48.7. The van der Waals surface area contributed by atoms with Crippen molar-refractivity contribution in [1.29, 1.82) is 0 Å². The lowest BCUT2D eigenvalue weighted by Crippen LogP contribution is -2.47. The van der Waals surface area contributed by atoms with Gasteiger partial charge in [0.1, 0.15) is 24.6 Å². The van der Waals surface area contributed by atoms with Gasteiger partial charge in [-0.1, -0.05) is 210 Å². The zero-order chi connectivity index (χ0) is 111. The number of aliphatic hydroxyl groups excluding tert-OH is 3. The lowest BCUT2D eigenvalue weighted by molar-refractivity contribution is -0.141. The maximum absolute atomic E-state index is 12.7. The monoisotopic (exact) mass is 2130 g/mol. The van der Waals surface area contributed by atoms with Gasteiger partial charge in [0.05, 0.1) is 83.0 Å². The Morgan fingerprint density at radius 2 is 0.667 bits per heavy atom. The molecule has 4 amide bonds. The van der Waals surface area contributed by atoms with E-state index in [0.29, 0.717) is 109 Å². The van der Waals surface area contributed by atoms with Gasteiger partial charge in [-0.3, -0.25) is 24.0 Å². The minimum absolute atomic E-state index is 0.00571. The topological polar surface area (TPSA) is 393 Å². The van der Waals surface area contributed by atoms with Gasteiger partial charge in [-0.15, -0.1) is 0 Å². The normalized spacial score (nSPS) is 21.9. The highest BCUT2D eigenvalue weighted by Crippen LogP contribution is 2.46. The summed E-state index contributed by atoms with van der Waals surface area (Å²) < 4.78 is 38.0. The summed E-state index contributed by atoms with van der Waals surface area (Å²) in [6, 6.07) is 30.6. The molecule has 42 heteroatoms. The molecule has 7 aliphatic rings. The van der Waals surface area contributed by atoms with Gasteiger partial charge in [-0.25, -0.2) is 4.79 Å². The minimum Gasteiger partial charge on any atom is -0.480 e. The molecule has 0 saturated carbocycles. The fraction of sp³-hybridized carbons (Fsp3) is 0.657. The molecule has 6 radical (unpaired) electrons. The Labute approximate surface area is 889 Å². The van der Waals surface area contributed by atoms with Crippen LogP contribution in [0.1, 0.15) is 262 Å². The highest BCUT2D eigenvalue weighted by Gasteiger charge is 2.49. The fourth-order valence-corrected chi connectivity index (χ4v) is 22.6. The van der Waals surface area contributed by atoms with Crippen LogP contribution in [-0.2, 0) is 99.1 Å². The van der Waals surface area contributed by atoms with Crippen molar-refractivity contribution in [2.24, 2.45) is 0 Å². The second-order valence-corrected chi connectivity index (χ2v) is 77.4. The number of benzene rings is 4. The summed E-state index contributed by atoms with van der Waals surface area (Å²) in [6.45, 7) is 72.8. The van der Waals surface area contributed by atoms with E-state index in [1.54, 1.807) is 24.4 Å². The van der Waals surface area contributed by atoms with Crippen LogP contribution in [0, 0.1) is 0 Å². The SMILES string of the molecule is CC(C)(C)[Si](C)(C)OC[C@@H]1CCC(=O)N1[B]C=O.CC(C)(C)[Si](C)(C)OC[C@@H]1CCC(=O)N1[B]C=O.CC(C)(C)[Si](C)(C)OCc1ccc([C@H]2CC(=O)N([B]C=O)[C@@H]2CO[Si](C)(C)C(C)(C)C)cc1.CC(C)(C)[Si](C)(C)OCc1ccc([C@H]2CCN([B]C=O)[C@@H]2CO[Si](C)(C)C(C)(C)C)cc1.O=C1CC[C@@H](CO)N1.O=C[B]N1CC[C@H](c2ccc(C(=O)O)cc2)[C@H]1C(=O)O.O=C[B]N1CC[C@H](c2ccc(CO)cc2)[C@H]1CO. The Hall–Kier alpha value is -7.07. The quantitative estimate of drug-likeness (QED) is 0.0178. The lowest BCUT2D eigenvalue weighted by Gasteiger charge is -2.38. The average molecular weight is 2130 g/mol. The van der Waals surface area contributed by atoms with Crippen LogP contribution in [0.2, 0.25) is 109 Å². The van der Waals surface area contributed by atoms with E-state index in [1.807, 2.05) is 29.1 Å². The summed E-state index contributed by atoms with van der Waals surface area (Å²) in [5.41, 5.74) is 7.75. The smallest absolute Gasteiger partial charge is 0.335 e. The number of rotatable bonds is 39. The average Bonchev–Trinajstić information content (AvgIpc) is 1.64. The molecule has 0 aromatic heterocycles. The number of aromatic carboxylic acids is 1. The molecule has 30 nitrogen and oxygen atoms in total. The van der Waals surface area contributed by atoms with Crippen LogP contribution in [0.4, 0.5) is 0 Å². The molecule has 7 heterocycles. The molecule has 4 aromatic carbocycles. The predicted molar refractivity (Wildman–Crippen MR) is 605 cm³/mol. The number of hydrogen-bond donors (Lipinski definition) is 6. The molecular formula is C105H173B6N7O23Si6. The number of carbonyl (C=O) groups excluding carboxylic acids is 10. The number of carboxylic acids is 2. The number of nitrogens with one attached hydrogen (secondary N) is 1. The van der Waals surface area contributed by atoms with E-state index in [2.05, 4.69) is 262 Å². The van der Waals surface area contributed by atoms with Gasteiger partial charge < -0.3 is 115 Å². The molecule has 7 aliphatic heterocycles. The van der Waals surface area contributed by atoms with E-state index in [1.165, 1.54) is 74.8 Å². The molecule has 0 unspecified atom stereocenters. The summed E-state index contributed by atoms with van der Waals surface area (Å²) in [6.07, 6.45) is 11.2. The number of carboxylic acid groups (broad SMARTS) is 2. The summed E-state index contributed by atoms with van der Waals surface area (Å²) >= 11 is 0. The molecule has 0 spiro atoms. The Morgan fingerprint density at radius 3 is 1.00 bits per heavy atom. The van der Waals surface area contributed by atoms with Gasteiger partial charge >= 0.3 is 34.2 Å². The molecule has 11 atom stereocenters. The van der Waals surface area contributed by atoms with Gasteiger partial charge in [-0.2, -0.15) is 0 Å². The van der Waals surface area contributed by atoms with Crippen LogP contribution in [0.25, 0.3) is 0 Å². The number of nitrogens with zero attached hydrogens (tertiary/aromatic N) is 6. The summed E-state index contributed by atoms with van der Waals surface area (Å²) in [5.74, 6) is -1.60. The van der Waals surface area contributed by atoms with Gasteiger partial charge in [-0.05, 0) is 218 Å². The second-order valence-electron chi connectivity index (χ2n) is 48.6. The van der Waals surface area contributed by atoms with Crippen molar-refractivity contribution in [2.75, 3.05) is 59.3 Å². The summed E-state index contributed by atoms with van der Waals surface area (Å²) in [7, 11) is -2.52. The van der Waals surface area contributed by atoms with Crippen molar-refractivity contribution in [2.45, 2.75) is 383 Å². The standard InChI is InChI=1S/C25H43BNO4Si2.C25H45BNO3Si2.C13H13BNO5.C13H17BNO3.2C12H23BNO3Si.C5H9NO2/c1-24(2,3)32(7,8)30-16-19-11-13-20(14-12-19)21-15-23(29)27(26-18-28)22(21)17-31-33(9,10)25(4,5)6;1-24(2,3)31(7,8)29-17-20-11-13-21(14-12-20)22-15-16-27(26-19-28)23(22)18-30-32(9,10)25(4,5)6;16-7-14-15-6-5-10(11(15)13(19)20)8-1-3-9(4-2-8)12(17)18;16-7-10-1-3-11(4-2-10)12-5-6-15(14-9-18)13(12)8-17;2*1-12(2,3)18(4,5)17-8-10-6-7-11(16)14(10)13-9-15;7-3-4-1-2-5(8)6-4/h11-14,18,21-22H,15-17H2,1-10H3;11-14,19,22-23H,15-18H2,1-10H3;1-4,7,10-11H,5-6H2,(H,17,18)(H,19,20);1-4,9,12-13,16-17H,5-8H2;2*9-10H,6-8H2,1-5H3;4,7H,1-3H2,(H,6,8)/t21-,22-;22-,23-;10-,11+;12-,13-;2*10-;4-/m1111000/s1. The van der Waals surface area contributed by atoms with Crippen molar-refractivity contribution in [1.82, 2.24) is 34.2 Å². The molecule has 7 fully saturated rings. The van der Waals surface area contributed by atoms with Crippen LogP contribution >= 0.6 is 0 Å². The van der Waals surface area contributed by atoms with Crippen molar-refractivity contribution in [3.63, 3.8) is 0 Å². The fourth-order valence-electron chi connectivity index (χ4n) is 16.5. The Morgan fingerprint density at radius 1 is 0.354 bits per heavy atom. The first-order chi connectivity index (χ1) is 68.1. The maximum atomic E-state index is 12.7. The van der Waals surface area contributed by atoms with Crippen LogP contribution in [0.3, 0.4) is 0 Å². The lowest BCUT2D eigenvalue weighted by atomic mass is 9.87. The molecule has 147 heavy (non-hydrogen) atoms. The van der Waals surface area contributed by atoms with E-state index in [9.17, 15) is 67.7 Å². The Bertz CT molecular complexity index is 4800. The molecule has 0 bridgehead atoms. The Balaban J connectivity index is 0.000000311. The number of hydrogen-bond acceptors (Lipinski definition) is 24. The molecule has 7 saturated heterocycles. The molecular weight excluding hydrogens is 1960 g/mol. The van der Waals surface area contributed by atoms with Crippen LogP contribution in [0.15, 0.2) is 97.1 Å². The zero-order valence-corrected chi connectivity index (χ0v) is 99.8. The van der Waals surface area contributed by atoms with E-state index >= 15 is 0 Å². The molecule has 4 aromatic rings. The van der Waals surface area contributed by atoms with E-state index in [4.69, 9.17) is 41.9 Å². The van der Waals surface area contributed by atoms with Crippen LogP contribution in [0.5, 0.6) is 0 Å². The second kappa shape index (κ2) is 57.2. The third kappa shape index (κ3) is 38.3. The van der Waals surface area contributed by atoms with Crippen molar-refractivity contribution in [3.8, 4) is 0 Å². The van der Waals surface area contributed by atoms with Crippen LogP contribution in [-0.4, -0.2) is 323 Å². The predicted octanol–water partition coefficient (Wildman–Crippen LogP) is 15.4. The number of aliphatic carboxylic acids is 1. The highest BCUT2D eigenvalue weighted by molar-refractivity contribution is 6.76. The summed E-state index contributed by atoms with van der Waals surface area (Å²) in [4.78, 5) is 143. The zero-order valence-electron chi connectivity index (χ0n) is 93.8. The van der Waals surface area contributed by atoms with Crippen molar-refractivity contribution >= 4 is 167 Å². The van der Waals surface area contributed by atoms with Gasteiger partial charge in [0, 0.05) is 86.2 Å². The molecule has 6 N–H and O–H groups in total. The minimum atomic E-state index is -1.98. The van der Waals surface area contributed by atoms with Gasteiger partial charge in [0.2, 0.25) is 23.6 Å². The first kappa shape index (κ1) is 130. The number of amides is 4. The van der Waals surface area contributed by atoms with Crippen molar-refractivity contribution < 1.29 is 110 Å². The van der Waals surface area contributed by atoms with Crippen LogP contribution < -0.4 is 5.32 Å². The van der Waals surface area contributed by atoms with E-state index in [-0.39, 0.29) is 133 Å². The third-order valence-electron chi connectivity index (χ3n) is 32.6. The third-order valence-corrected chi connectivity index (χ3v) is 59.5. The highest BCUT2D eigenvalue weighted by atomic mass is 28.4. The van der Waals surface area contributed by atoms with Gasteiger partial charge in [0.25, 0.3) is 22.2 Å². The largest absolute Gasteiger partial charge is 0.480 e. The number of carbonyl (C=O) groups is 12. The van der Waals surface area contributed by atoms with E-state index < -0.39 is 67.9 Å². The number of aliphatic hydroxyl groups is 3. The molecule has 808 valence electrons. The molecule has 11 rings (SSSR count). The van der Waals surface area contributed by atoms with E-state index in [0.717, 1.165) is 85.4 Å². The van der Waals surface area contributed by atoms with Gasteiger partial charge in [0.15, 0.2) is 49.9 Å². The van der Waals surface area contributed by atoms with Crippen molar-refractivity contribution in [3.05, 3.63) is 142 Å². The first-order valence-corrected chi connectivity index (χ1v) is 69.3.